The first-order valence-electron chi connectivity index (χ1n) is 12.1. The van der Waals surface area contributed by atoms with E-state index < -0.39 is 11.9 Å². The van der Waals surface area contributed by atoms with Crippen LogP contribution in [-0.4, -0.2) is 12.6 Å². The van der Waals surface area contributed by atoms with Crippen LogP contribution < -0.4 is 24.7 Å². The SMILES string of the molecule is Cc1cc(Cl)ccc1OCC(=O)Oc1ccc2c(c1)OC(N)=C(C#N)C2c1cccc(Oc2ccccc2)c1. The fraction of sp³-hybridized carbons (Fsp3) is 0.0968. The van der Waals surface area contributed by atoms with E-state index in [1.54, 1.807) is 36.4 Å². The highest BCUT2D eigenvalue weighted by Gasteiger charge is 2.31. The van der Waals surface area contributed by atoms with Crippen molar-refractivity contribution in [2.75, 3.05) is 6.61 Å². The van der Waals surface area contributed by atoms with Gasteiger partial charge in [0, 0.05) is 16.7 Å². The molecule has 1 aliphatic rings. The first kappa shape index (κ1) is 25.7. The molecule has 0 fully saturated rings. The molecular weight excluding hydrogens is 516 g/mol. The van der Waals surface area contributed by atoms with Crippen molar-refractivity contribution in [2.24, 2.45) is 5.73 Å². The number of halogens is 1. The molecule has 2 N–H and O–H groups in total. The van der Waals surface area contributed by atoms with Gasteiger partial charge in [0.1, 0.15) is 40.4 Å². The van der Waals surface area contributed by atoms with Gasteiger partial charge in [-0.3, -0.25) is 0 Å². The van der Waals surface area contributed by atoms with Crippen LogP contribution in [0.5, 0.6) is 28.7 Å². The number of nitrogens with two attached hydrogens (primary N) is 1. The summed E-state index contributed by atoms with van der Waals surface area (Å²) in [5.41, 5.74) is 8.72. The van der Waals surface area contributed by atoms with Gasteiger partial charge in [0.2, 0.25) is 5.88 Å². The van der Waals surface area contributed by atoms with Gasteiger partial charge in [-0.2, -0.15) is 5.26 Å². The van der Waals surface area contributed by atoms with Gasteiger partial charge in [-0.1, -0.05) is 48.0 Å². The Bertz CT molecular complexity index is 1610. The van der Waals surface area contributed by atoms with Crippen LogP contribution >= 0.6 is 11.6 Å². The zero-order chi connectivity index (χ0) is 27.4. The highest BCUT2D eigenvalue weighted by molar-refractivity contribution is 6.30. The maximum Gasteiger partial charge on any atom is 0.349 e. The van der Waals surface area contributed by atoms with Crippen LogP contribution in [0.15, 0.2) is 102 Å². The summed E-state index contributed by atoms with van der Waals surface area (Å²) in [5.74, 6) is 1.36. The molecule has 0 bridgehead atoms. The molecule has 1 atom stereocenters. The number of rotatable bonds is 7. The highest BCUT2D eigenvalue weighted by atomic mass is 35.5. The monoisotopic (exact) mass is 538 g/mol. The van der Waals surface area contributed by atoms with E-state index in [9.17, 15) is 10.1 Å². The van der Waals surface area contributed by atoms with Gasteiger partial charge in [0.05, 0.1) is 5.92 Å². The van der Waals surface area contributed by atoms with Crippen molar-refractivity contribution in [1.82, 2.24) is 0 Å². The summed E-state index contributed by atoms with van der Waals surface area (Å²) in [6.07, 6.45) is 0. The molecule has 39 heavy (non-hydrogen) atoms. The minimum absolute atomic E-state index is 0.0191. The summed E-state index contributed by atoms with van der Waals surface area (Å²) in [6, 6.07) is 29.1. The molecule has 5 rings (SSSR count). The molecule has 0 radical (unpaired) electrons. The highest BCUT2D eigenvalue weighted by Crippen LogP contribution is 2.44. The van der Waals surface area contributed by atoms with Gasteiger partial charge in [-0.25, -0.2) is 4.79 Å². The van der Waals surface area contributed by atoms with Crippen LogP contribution in [0, 0.1) is 18.3 Å². The molecule has 0 saturated carbocycles. The lowest BCUT2D eigenvalue weighted by molar-refractivity contribution is -0.136. The van der Waals surface area contributed by atoms with E-state index in [2.05, 4.69) is 6.07 Å². The van der Waals surface area contributed by atoms with Crippen molar-refractivity contribution >= 4 is 17.6 Å². The first-order valence-corrected chi connectivity index (χ1v) is 12.4. The van der Waals surface area contributed by atoms with Gasteiger partial charge < -0.3 is 24.7 Å². The molecule has 8 heteroatoms. The molecule has 1 heterocycles. The molecule has 4 aromatic rings. The lowest BCUT2D eigenvalue weighted by atomic mass is 9.83. The fourth-order valence-electron chi connectivity index (χ4n) is 4.30. The molecule has 0 aliphatic carbocycles. The van der Waals surface area contributed by atoms with Crippen molar-refractivity contribution in [2.45, 2.75) is 12.8 Å². The summed E-state index contributed by atoms with van der Waals surface area (Å²) >= 11 is 5.97. The number of benzene rings is 4. The zero-order valence-corrected chi connectivity index (χ0v) is 21.6. The van der Waals surface area contributed by atoms with E-state index in [-0.39, 0.29) is 23.8 Å². The Labute approximate surface area is 230 Å². The van der Waals surface area contributed by atoms with E-state index in [0.717, 1.165) is 11.1 Å². The second-order valence-corrected chi connectivity index (χ2v) is 9.22. The van der Waals surface area contributed by atoms with Crippen LogP contribution in [0.2, 0.25) is 5.02 Å². The number of hydrogen-bond donors (Lipinski definition) is 1. The zero-order valence-electron chi connectivity index (χ0n) is 20.9. The van der Waals surface area contributed by atoms with Crippen LogP contribution in [0.1, 0.15) is 22.6 Å². The largest absolute Gasteiger partial charge is 0.482 e. The lowest BCUT2D eigenvalue weighted by Gasteiger charge is -2.27. The quantitative estimate of drug-likeness (QED) is 0.208. The lowest BCUT2D eigenvalue weighted by Crippen LogP contribution is -2.21. The summed E-state index contributed by atoms with van der Waals surface area (Å²) in [4.78, 5) is 12.5. The molecule has 0 aromatic heterocycles. The Morgan fingerprint density at radius 1 is 0.974 bits per heavy atom. The smallest absolute Gasteiger partial charge is 0.349 e. The predicted molar refractivity (Wildman–Crippen MR) is 146 cm³/mol. The minimum Gasteiger partial charge on any atom is -0.482 e. The number of carbonyl (C=O) groups is 1. The van der Waals surface area contributed by atoms with E-state index in [4.69, 9.17) is 36.3 Å². The minimum atomic E-state index is -0.594. The predicted octanol–water partition coefficient (Wildman–Crippen LogP) is 6.64. The summed E-state index contributed by atoms with van der Waals surface area (Å²) < 4.78 is 22.8. The van der Waals surface area contributed by atoms with E-state index in [1.807, 2.05) is 61.5 Å². The fourth-order valence-corrected chi connectivity index (χ4v) is 4.52. The number of esters is 1. The molecule has 4 aromatic carbocycles. The molecule has 1 aliphatic heterocycles. The maximum absolute atomic E-state index is 12.5. The van der Waals surface area contributed by atoms with Gasteiger partial charge in [-0.15, -0.1) is 0 Å². The third-order valence-corrected chi connectivity index (χ3v) is 6.31. The Hall–Kier alpha value is -4.93. The van der Waals surface area contributed by atoms with Crippen LogP contribution in [0.3, 0.4) is 0 Å². The third kappa shape index (κ3) is 5.82. The van der Waals surface area contributed by atoms with Crippen molar-refractivity contribution in [3.8, 4) is 34.8 Å². The standard InChI is InChI=1S/C31H23ClN2O5/c1-19-14-21(32)10-13-27(19)36-18-29(35)38-24-11-12-25-28(16-24)39-31(34)26(17-33)30(25)20-6-5-9-23(15-20)37-22-7-3-2-4-8-22/h2-16,30H,18,34H2,1H3. The number of carbonyl (C=O) groups excluding carboxylic acids is 1. The number of para-hydroxylation sites is 1. The normalized spacial score (nSPS) is 14.0. The average molecular weight is 539 g/mol. The Morgan fingerprint density at radius 3 is 2.54 bits per heavy atom. The van der Waals surface area contributed by atoms with E-state index in [1.165, 1.54) is 0 Å². The molecule has 0 spiro atoms. The summed E-state index contributed by atoms with van der Waals surface area (Å²) in [6.45, 7) is 1.54. The summed E-state index contributed by atoms with van der Waals surface area (Å²) in [5, 5.41) is 10.5. The van der Waals surface area contributed by atoms with Crippen molar-refractivity contribution in [3.63, 3.8) is 0 Å². The number of ether oxygens (including phenoxy) is 4. The molecule has 0 amide bonds. The number of aryl methyl sites for hydroxylation is 1. The molecular formula is C31H23ClN2O5. The molecule has 194 valence electrons. The van der Waals surface area contributed by atoms with Crippen LogP contribution in [0.4, 0.5) is 0 Å². The maximum atomic E-state index is 12.5. The second kappa shape index (κ2) is 11.2. The molecule has 1 unspecified atom stereocenters. The number of hydrogen-bond acceptors (Lipinski definition) is 7. The van der Waals surface area contributed by atoms with Gasteiger partial charge in [-0.05, 0) is 66.6 Å². The Balaban J connectivity index is 1.36. The van der Waals surface area contributed by atoms with Crippen LogP contribution in [-0.2, 0) is 4.79 Å². The number of nitrogens with zero attached hydrogens (tertiary/aromatic N) is 1. The Morgan fingerprint density at radius 2 is 1.77 bits per heavy atom. The number of fused-ring (bicyclic) bond motifs is 1. The molecule has 0 saturated heterocycles. The van der Waals surface area contributed by atoms with E-state index in [0.29, 0.717) is 33.6 Å². The van der Waals surface area contributed by atoms with E-state index >= 15 is 0 Å². The number of allylic oxidation sites excluding steroid dienone is 1. The second-order valence-electron chi connectivity index (χ2n) is 8.78. The van der Waals surface area contributed by atoms with Crippen molar-refractivity contribution in [3.05, 3.63) is 124 Å². The number of nitriles is 1. The topological polar surface area (TPSA) is 104 Å². The summed E-state index contributed by atoms with van der Waals surface area (Å²) in [7, 11) is 0. The van der Waals surface area contributed by atoms with Crippen molar-refractivity contribution < 1.29 is 23.7 Å². The first-order chi connectivity index (χ1) is 18.9. The van der Waals surface area contributed by atoms with Crippen LogP contribution in [0.25, 0.3) is 0 Å². The Kier molecular flexibility index (Phi) is 7.39. The van der Waals surface area contributed by atoms with Gasteiger partial charge in [0.15, 0.2) is 6.61 Å². The molecule has 7 nitrogen and oxygen atoms in total. The van der Waals surface area contributed by atoms with Crippen molar-refractivity contribution in [1.29, 1.82) is 5.26 Å². The van der Waals surface area contributed by atoms with Gasteiger partial charge in [0.25, 0.3) is 0 Å². The average Bonchev–Trinajstić information content (AvgIpc) is 2.92. The third-order valence-electron chi connectivity index (χ3n) is 6.08. The van der Waals surface area contributed by atoms with Gasteiger partial charge >= 0.3 is 5.97 Å².